The van der Waals surface area contributed by atoms with Crippen LogP contribution in [0, 0.1) is 0 Å². The summed E-state index contributed by atoms with van der Waals surface area (Å²) < 4.78 is 4.76. The van der Waals surface area contributed by atoms with E-state index in [0.717, 1.165) is 25.0 Å². The third-order valence-electron chi connectivity index (χ3n) is 3.38. The van der Waals surface area contributed by atoms with Crippen LogP contribution in [0.1, 0.15) is 19.3 Å². The van der Waals surface area contributed by atoms with Gasteiger partial charge in [0, 0.05) is 24.2 Å². The maximum atomic E-state index is 11.5. The highest BCUT2D eigenvalue weighted by molar-refractivity contribution is 5.91. The lowest BCUT2D eigenvalue weighted by atomic mass is 9.99. The Bertz CT molecular complexity index is 298. The predicted molar refractivity (Wildman–Crippen MR) is 52.4 cm³/mol. The Kier molecular flexibility index (Phi) is 2.23. The highest BCUT2D eigenvalue weighted by atomic mass is 16.5. The van der Waals surface area contributed by atoms with Crippen molar-refractivity contribution in [2.24, 2.45) is 5.73 Å². The molecule has 2 rings (SSSR count). The van der Waals surface area contributed by atoms with Crippen LogP contribution in [0.5, 0.6) is 0 Å². The molecular formula is C10H16N2O2. The second-order valence-corrected chi connectivity index (χ2v) is 4.05. The largest absolute Gasteiger partial charge is 0.466 e. The normalized spacial score (nSPS) is 32.1. The fourth-order valence-electron chi connectivity index (χ4n) is 2.56. The third-order valence-corrected chi connectivity index (χ3v) is 3.38. The van der Waals surface area contributed by atoms with E-state index in [-0.39, 0.29) is 12.0 Å². The van der Waals surface area contributed by atoms with Crippen molar-refractivity contribution in [3.05, 3.63) is 11.3 Å². The fourth-order valence-corrected chi connectivity index (χ4v) is 2.56. The molecule has 2 bridgehead atoms. The lowest BCUT2D eigenvalue weighted by molar-refractivity contribution is -0.137. The molecule has 0 amide bonds. The van der Waals surface area contributed by atoms with Crippen LogP contribution in [0.25, 0.3) is 0 Å². The Morgan fingerprint density at radius 2 is 2.29 bits per heavy atom. The van der Waals surface area contributed by atoms with Crippen molar-refractivity contribution in [3.8, 4) is 0 Å². The van der Waals surface area contributed by atoms with Gasteiger partial charge in [0.1, 0.15) is 0 Å². The summed E-state index contributed by atoms with van der Waals surface area (Å²) in [5, 5.41) is 0. The van der Waals surface area contributed by atoms with Gasteiger partial charge in [0.2, 0.25) is 0 Å². The summed E-state index contributed by atoms with van der Waals surface area (Å²) in [6, 6.07) is 0.703. The molecule has 2 aliphatic heterocycles. The summed E-state index contributed by atoms with van der Waals surface area (Å²) >= 11 is 0. The van der Waals surface area contributed by atoms with Crippen molar-refractivity contribution in [2.45, 2.75) is 31.3 Å². The number of ether oxygens (including phenoxy) is 1. The summed E-state index contributed by atoms with van der Waals surface area (Å²) in [6.45, 7) is 0. The number of nitrogens with zero attached hydrogens (tertiary/aromatic N) is 1. The summed E-state index contributed by atoms with van der Waals surface area (Å²) in [4.78, 5) is 13.8. The number of carbonyl (C=O) groups excluding carboxylic acids is 1. The first-order chi connectivity index (χ1) is 6.65. The lowest BCUT2D eigenvalue weighted by Gasteiger charge is -2.32. The molecule has 0 aromatic heterocycles. The highest BCUT2D eigenvalue weighted by Gasteiger charge is 2.41. The van der Waals surface area contributed by atoms with Gasteiger partial charge in [-0.15, -0.1) is 0 Å². The van der Waals surface area contributed by atoms with Gasteiger partial charge in [0.25, 0.3) is 0 Å². The molecule has 0 spiro atoms. The second-order valence-electron chi connectivity index (χ2n) is 4.05. The number of methoxy groups -OCH3 is 1. The number of nitrogens with two attached hydrogens (primary N) is 1. The Labute approximate surface area is 83.7 Å². The maximum Gasteiger partial charge on any atom is 0.337 e. The topological polar surface area (TPSA) is 55.6 Å². The minimum absolute atomic E-state index is 0.182. The molecule has 1 fully saturated rings. The van der Waals surface area contributed by atoms with Gasteiger partial charge in [-0.3, -0.25) is 4.90 Å². The van der Waals surface area contributed by atoms with Crippen molar-refractivity contribution >= 4 is 5.97 Å². The zero-order chi connectivity index (χ0) is 10.3. The zero-order valence-electron chi connectivity index (χ0n) is 8.62. The van der Waals surface area contributed by atoms with Crippen LogP contribution < -0.4 is 5.73 Å². The van der Waals surface area contributed by atoms with Crippen molar-refractivity contribution < 1.29 is 9.53 Å². The molecule has 4 heteroatoms. The molecule has 0 aromatic carbocycles. The van der Waals surface area contributed by atoms with Gasteiger partial charge in [0.15, 0.2) is 0 Å². The number of rotatable bonds is 1. The van der Waals surface area contributed by atoms with Gasteiger partial charge in [0.05, 0.1) is 12.7 Å². The summed E-state index contributed by atoms with van der Waals surface area (Å²) in [5.41, 5.74) is 7.30. The van der Waals surface area contributed by atoms with Crippen molar-refractivity contribution in [1.82, 2.24) is 4.90 Å². The molecule has 0 radical (unpaired) electrons. The SMILES string of the molecule is COC(=O)C1=C(N)CC2CC[C@H]1N2C. The molecule has 0 aromatic rings. The Morgan fingerprint density at radius 1 is 1.57 bits per heavy atom. The number of hydrogen-bond acceptors (Lipinski definition) is 4. The number of fused-ring (bicyclic) bond motifs is 2. The van der Waals surface area contributed by atoms with Crippen molar-refractivity contribution in [2.75, 3.05) is 14.2 Å². The molecular weight excluding hydrogens is 180 g/mol. The molecule has 0 saturated carbocycles. The smallest absolute Gasteiger partial charge is 0.337 e. The standard InChI is InChI=1S/C10H16N2O2/c1-12-6-3-4-8(12)9(7(11)5-6)10(13)14-2/h6,8H,3-5,11H2,1-2H3/t6?,8-/m1/s1. The van der Waals surface area contributed by atoms with Crippen LogP contribution in [0.15, 0.2) is 11.3 Å². The number of likely N-dealkylation sites (N-methyl/N-ethyl adjacent to an activating group) is 1. The van der Waals surface area contributed by atoms with Crippen LogP contribution in [-0.2, 0) is 9.53 Å². The van der Waals surface area contributed by atoms with Gasteiger partial charge in [-0.25, -0.2) is 4.79 Å². The van der Waals surface area contributed by atoms with E-state index in [2.05, 4.69) is 11.9 Å². The van der Waals surface area contributed by atoms with E-state index in [1.807, 2.05) is 0 Å². The van der Waals surface area contributed by atoms with Crippen molar-refractivity contribution in [3.63, 3.8) is 0 Å². The summed E-state index contributed by atoms with van der Waals surface area (Å²) in [7, 11) is 3.46. The Hall–Kier alpha value is -1.03. The zero-order valence-corrected chi connectivity index (χ0v) is 8.62. The number of carbonyl (C=O) groups is 1. The fraction of sp³-hybridized carbons (Fsp3) is 0.700. The van der Waals surface area contributed by atoms with Crippen LogP contribution in [0.2, 0.25) is 0 Å². The van der Waals surface area contributed by atoms with E-state index in [0.29, 0.717) is 11.6 Å². The summed E-state index contributed by atoms with van der Waals surface area (Å²) in [6.07, 6.45) is 2.95. The highest BCUT2D eigenvalue weighted by Crippen LogP contribution is 2.36. The number of hydrogen-bond donors (Lipinski definition) is 1. The minimum Gasteiger partial charge on any atom is -0.466 e. The van der Waals surface area contributed by atoms with E-state index < -0.39 is 0 Å². The van der Waals surface area contributed by atoms with E-state index in [4.69, 9.17) is 10.5 Å². The molecule has 2 N–H and O–H groups in total. The van der Waals surface area contributed by atoms with Crippen LogP contribution in [0.3, 0.4) is 0 Å². The van der Waals surface area contributed by atoms with Crippen molar-refractivity contribution in [1.29, 1.82) is 0 Å². The molecule has 4 nitrogen and oxygen atoms in total. The maximum absolute atomic E-state index is 11.5. The number of esters is 1. The summed E-state index contributed by atoms with van der Waals surface area (Å²) in [5.74, 6) is -0.264. The van der Waals surface area contributed by atoms with Gasteiger partial charge in [-0.05, 0) is 19.9 Å². The third kappa shape index (κ3) is 1.21. The molecule has 0 aliphatic carbocycles. The van der Waals surface area contributed by atoms with Gasteiger partial charge >= 0.3 is 5.97 Å². The average molecular weight is 196 g/mol. The predicted octanol–water partition coefficient (Wildman–Crippen LogP) is 0.239. The molecule has 1 unspecified atom stereocenters. The molecule has 2 aliphatic rings. The van der Waals surface area contributed by atoms with Gasteiger partial charge in [-0.2, -0.15) is 0 Å². The van der Waals surface area contributed by atoms with E-state index >= 15 is 0 Å². The molecule has 1 saturated heterocycles. The second kappa shape index (κ2) is 3.28. The van der Waals surface area contributed by atoms with Gasteiger partial charge in [-0.1, -0.05) is 0 Å². The monoisotopic (exact) mass is 196 g/mol. The molecule has 2 atom stereocenters. The molecule has 78 valence electrons. The first kappa shape index (κ1) is 9.52. The van der Waals surface area contributed by atoms with Crippen LogP contribution in [-0.4, -0.2) is 37.1 Å². The van der Waals surface area contributed by atoms with Crippen LogP contribution >= 0.6 is 0 Å². The Balaban J connectivity index is 2.33. The first-order valence-electron chi connectivity index (χ1n) is 4.94. The van der Waals surface area contributed by atoms with E-state index in [1.54, 1.807) is 0 Å². The van der Waals surface area contributed by atoms with E-state index in [1.165, 1.54) is 7.11 Å². The Morgan fingerprint density at radius 3 is 2.93 bits per heavy atom. The van der Waals surface area contributed by atoms with Crippen LogP contribution in [0.4, 0.5) is 0 Å². The minimum atomic E-state index is -0.264. The first-order valence-corrected chi connectivity index (χ1v) is 4.94. The molecule has 2 heterocycles. The van der Waals surface area contributed by atoms with E-state index in [9.17, 15) is 4.79 Å². The van der Waals surface area contributed by atoms with Gasteiger partial charge < -0.3 is 10.5 Å². The quantitative estimate of drug-likeness (QED) is 0.610. The molecule has 14 heavy (non-hydrogen) atoms. The lowest BCUT2D eigenvalue weighted by Crippen LogP contribution is -2.42. The average Bonchev–Trinajstić information content (AvgIpc) is 2.42.